The molecule has 19 heavy (non-hydrogen) atoms. The fourth-order valence-electron chi connectivity index (χ4n) is 1.52. The van der Waals surface area contributed by atoms with Crippen LogP contribution in [0.5, 0.6) is 5.75 Å². The first-order valence-corrected chi connectivity index (χ1v) is 6.75. The van der Waals surface area contributed by atoms with Crippen LogP contribution in [0, 0.1) is 12.8 Å². The number of aliphatic hydroxyl groups is 2. The van der Waals surface area contributed by atoms with Crippen molar-refractivity contribution in [3.05, 3.63) is 29.8 Å². The third kappa shape index (κ3) is 6.57. The Morgan fingerprint density at radius 2 is 1.74 bits per heavy atom. The van der Waals surface area contributed by atoms with Crippen LogP contribution >= 0.6 is 0 Å². The molecule has 0 aliphatic heterocycles. The smallest absolute Gasteiger partial charge is 0.119 e. The molecule has 108 valence electrons. The van der Waals surface area contributed by atoms with Crippen molar-refractivity contribution in [3.8, 4) is 5.75 Å². The van der Waals surface area contributed by atoms with Crippen molar-refractivity contribution < 1.29 is 14.9 Å². The molecule has 1 rings (SSSR count). The first-order valence-electron chi connectivity index (χ1n) is 6.75. The fraction of sp³-hybridized carbons (Fsp3) is 0.600. The molecule has 0 saturated heterocycles. The molecule has 0 radical (unpaired) electrons. The molecular formula is C15H25NO3. The lowest BCUT2D eigenvalue weighted by Crippen LogP contribution is -2.37. The van der Waals surface area contributed by atoms with Gasteiger partial charge in [-0.25, -0.2) is 0 Å². The molecule has 0 aromatic heterocycles. The van der Waals surface area contributed by atoms with Crippen molar-refractivity contribution in [2.75, 3.05) is 19.7 Å². The molecule has 2 unspecified atom stereocenters. The highest BCUT2D eigenvalue weighted by molar-refractivity contribution is 5.26. The molecule has 0 heterocycles. The van der Waals surface area contributed by atoms with Crippen LogP contribution in [0.2, 0.25) is 0 Å². The van der Waals surface area contributed by atoms with Gasteiger partial charge in [0.05, 0.1) is 6.10 Å². The SMILES string of the molecule is Cc1ccc(OCC(O)CNCC(O)C(C)C)cc1. The van der Waals surface area contributed by atoms with E-state index in [2.05, 4.69) is 5.32 Å². The van der Waals surface area contributed by atoms with Crippen molar-refractivity contribution in [3.63, 3.8) is 0 Å². The van der Waals surface area contributed by atoms with E-state index in [9.17, 15) is 10.2 Å². The number of aliphatic hydroxyl groups excluding tert-OH is 2. The van der Waals surface area contributed by atoms with Crippen LogP contribution in [-0.2, 0) is 0 Å². The molecule has 1 aromatic rings. The van der Waals surface area contributed by atoms with Gasteiger partial charge in [0.25, 0.3) is 0 Å². The molecule has 4 nitrogen and oxygen atoms in total. The van der Waals surface area contributed by atoms with Gasteiger partial charge in [0.15, 0.2) is 0 Å². The van der Waals surface area contributed by atoms with Crippen LogP contribution in [0.25, 0.3) is 0 Å². The molecule has 0 spiro atoms. The number of rotatable bonds is 8. The quantitative estimate of drug-likeness (QED) is 0.665. The van der Waals surface area contributed by atoms with E-state index in [1.54, 1.807) is 0 Å². The zero-order valence-corrected chi connectivity index (χ0v) is 12.0. The number of hydrogen-bond acceptors (Lipinski definition) is 4. The topological polar surface area (TPSA) is 61.7 Å². The third-order valence-corrected chi connectivity index (χ3v) is 2.97. The lowest BCUT2D eigenvalue weighted by molar-refractivity contribution is 0.0908. The van der Waals surface area contributed by atoms with Gasteiger partial charge in [-0.2, -0.15) is 0 Å². The first-order chi connectivity index (χ1) is 8.99. The summed E-state index contributed by atoms with van der Waals surface area (Å²) in [5, 5.41) is 22.4. The Morgan fingerprint density at radius 1 is 1.11 bits per heavy atom. The van der Waals surface area contributed by atoms with Gasteiger partial charge < -0.3 is 20.3 Å². The highest BCUT2D eigenvalue weighted by atomic mass is 16.5. The Hall–Kier alpha value is -1.10. The first kappa shape index (κ1) is 16.0. The lowest BCUT2D eigenvalue weighted by atomic mass is 10.1. The summed E-state index contributed by atoms with van der Waals surface area (Å²) in [7, 11) is 0. The van der Waals surface area contributed by atoms with E-state index < -0.39 is 6.10 Å². The van der Waals surface area contributed by atoms with Crippen LogP contribution in [-0.4, -0.2) is 42.1 Å². The predicted molar refractivity (Wildman–Crippen MR) is 76.4 cm³/mol. The molecule has 0 amide bonds. The standard InChI is InChI=1S/C15H25NO3/c1-11(2)15(18)9-16-8-13(17)10-19-14-6-4-12(3)5-7-14/h4-7,11,13,15-18H,8-10H2,1-3H3. The maximum atomic E-state index is 9.75. The number of benzene rings is 1. The highest BCUT2D eigenvalue weighted by Gasteiger charge is 2.10. The minimum absolute atomic E-state index is 0.216. The summed E-state index contributed by atoms with van der Waals surface area (Å²) in [4.78, 5) is 0. The summed E-state index contributed by atoms with van der Waals surface area (Å²) in [5.74, 6) is 0.973. The molecule has 2 atom stereocenters. The van der Waals surface area contributed by atoms with Crippen LogP contribution in [0.15, 0.2) is 24.3 Å². The van der Waals surface area contributed by atoms with Gasteiger partial charge in [-0.15, -0.1) is 0 Å². The molecule has 0 aliphatic rings. The van der Waals surface area contributed by atoms with Gasteiger partial charge in [0.1, 0.15) is 18.5 Å². The Labute approximate surface area is 115 Å². The van der Waals surface area contributed by atoms with Crippen LogP contribution in [0.1, 0.15) is 19.4 Å². The average Bonchev–Trinajstić information content (AvgIpc) is 2.37. The van der Waals surface area contributed by atoms with E-state index >= 15 is 0 Å². The van der Waals surface area contributed by atoms with Crippen molar-refractivity contribution in [2.24, 2.45) is 5.92 Å². The van der Waals surface area contributed by atoms with Gasteiger partial charge in [-0.1, -0.05) is 31.5 Å². The van der Waals surface area contributed by atoms with Crippen molar-refractivity contribution in [2.45, 2.75) is 33.0 Å². The van der Waals surface area contributed by atoms with Crippen molar-refractivity contribution in [1.82, 2.24) is 5.32 Å². The van der Waals surface area contributed by atoms with E-state index in [4.69, 9.17) is 4.74 Å². The lowest BCUT2D eigenvalue weighted by Gasteiger charge is -2.17. The van der Waals surface area contributed by atoms with E-state index in [0.29, 0.717) is 13.1 Å². The summed E-state index contributed by atoms with van der Waals surface area (Å²) in [6.07, 6.45) is -0.967. The Bertz CT molecular complexity index is 351. The van der Waals surface area contributed by atoms with Gasteiger partial charge in [0, 0.05) is 13.1 Å². The number of aryl methyl sites for hydroxylation is 1. The molecule has 4 heteroatoms. The molecule has 0 saturated carbocycles. The van der Waals surface area contributed by atoms with Crippen molar-refractivity contribution >= 4 is 0 Å². The summed E-state index contributed by atoms with van der Waals surface area (Å²) in [6.45, 7) is 7.08. The second-order valence-electron chi connectivity index (χ2n) is 5.25. The highest BCUT2D eigenvalue weighted by Crippen LogP contribution is 2.11. The second kappa shape index (κ2) is 8.15. The zero-order valence-electron chi connectivity index (χ0n) is 12.0. The largest absolute Gasteiger partial charge is 0.491 e. The number of hydrogen-bond donors (Lipinski definition) is 3. The van der Waals surface area contributed by atoms with E-state index in [0.717, 1.165) is 5.75 Å². The van der Waals surface area contributed by atoms with E-state index in [-0.39, 0.29) is 18.6 Å². The Morgan fingerprint density at radius 3 is 2.32 bits per heavy atom. The summed E-state index contributed by atoms with van der Waals surface area (Å²) < 4.78 is 5.48. The molecule has 0 aliphatic carbocycles. The molecule has 0 fully saturated rings. The van der Waals surface area contributed by atoms with Crippen LogP contribution < -0.4 is 10.1 Å². The second-order valence-corrected chi connectivity index (χ2v) is 5.25. The molecule has 3 N–H and O–H groups in total. The third-order valence-electron chi connectivity index (χ3n) is 2.97. The summed E-state index contributed by atoms with van der Waals surface area (Å²) in [5.41, 5.74) is 1.18. The minimum Gasteiger partial charge on any atom is -0.491 e. The predicted octanol–water partition coefficient (Wildman–Crippen LogP) is 1.34. The van der Waals surface area contributed by atoms with Gasteiger partial charge in [0.2, 0.25) is 0 Å². The molecule has 1 aromatic carbocycles. The van der Waals surface area contributed by atoms with Crippen LogP contribution in [0.3, 0.4) is 0 Å². The monoisotopic (exact) mass is 267 g/mol. The normalized spacial score (nSPS) is 14.4. The number of ether oxygens (including phenoxy) is 1. The average molecular weight is 267 g/mol. The fourth-order valence-corrected chi connectivity index (χ4v) is 1.52. The Balaban J connectivity index is 2.17. The molecule has 0 bridgehead atoms. The molecular weight excluding hydrogens is 242 g/mol. The maximum absolute atomic E-state index is 9.75. The van der Waals surface area contributed by atoms with Gasteiger partial charge >= 0.3 is 0 Å². The Kier molecular flexibility index (Phi) is 6.84. The van der Waals surface area contributed by atoms with Gasteiger partial charge in [-0.3, -0.25) is 0 Å². The van der Waals surface area contributed by atoms with Crippen LogP contribution in [0.4, 0.5) is 0 Å². The van der Waals surface area contributed by atoms with E-state index in [1.165, 1.54) is 5.56 Å². The summed E-state index contributed by atoms with van der Waals surface area (Å²) >= 11 is 0. The zero-order chi connectivity index (χ0) is 14.3. The van der Waals surface area contributed by atoms with E-state index in [1.807, 2.05) is 45.0 Å². The van der Waals surface area contributed by atoms with Crippen molar-refractivity contribution in [1.29, 1.82) is 0 Å². The van der Waals surface area contributed by atoms with Gasteiger partial charge in [-0.05, 0) is 25.0 Å². The minimum atomic E-state index is -0.583. The number of nitrogens with one attached hydrogen (secondary N) is 1. The maximum Gasteiger partial charge on any atom is 0.119 e. The summed E-state index contributed by atoms with van der Waals surface area (Å²) in [6, 6.07) is 7.72.